The molecule has 0 fully saturated rings. The molecule has 0 spiro atoms. The minimum Gasteiger partial charge on any atom is -0.481 e. The first-order valence-corrected chi connectivity index (χ1v) is 16.8. The number of likely N-dealkylation sites (N-methyl/N-ethyl adjacent to an activating group) is 1. The molecule has 2 atom stereocenters. The van der Waals surface area contributed by atoms with Crippen molar-refractivity contribution in [3.63, 3.8) is 0 Å². The largest absolute Gasteiger partial charge is 0.481 e. The summed E-state index contributed by atoms with van der Waals surface area (Å²) in [7, 11) is 1.28. The van der Waals surface area contributed by atoms with Crippen molar-refractivity contribution in [3.05, 3.63) is 0 Å². The second-order valence-corrected chi connectivity index (χ2v) is 13.1. The van der Waals surface area contributed by atoms with E-state index in [9.17, 15) is 23.8 Å². The zero-order valence-electron chi connectivity index (χ0n) is 26.0. The van der Waals surface area contributed by atoms with Crippen molar-refractivity contribution in [2.45, 2.75) is 122 Å². The van der Waals surface area contributed by atoms with Gasteiger partial charge in [0, 0.05) is 19.3 Å². The van der Waals surface area contributed by atoms with Gasteiger partial charge in [-0.2, -0.15) is 0 Å². The van der Waals surface area contributed by atoms with E-state index in [0.29, 0.717) is 17.4 Å². The van der Waals surface area contributed by atoms with E-state index >= 15 is 0 Å². The lowest BCUT2D eigenvalue weighted by molar-refractivity contribution is -0.870. The Morgan fingerprint density at radius 1 is 0.707 bits per heavy atom. The van der Waals surface area contributed by atoms with Gasteiger partial charge in [0.05, 0.1) is 27.7 Å². The predicted molar refractivity (Wildman–Crippen MR) is 157 cm³/mol. The fourth-order valence-corrected chi connectivity index (χ4v) is 4.68. The maximum absolute atomic E-state index is 12.2. The highest BCUT2D eigenvalue weighted by Crippen LogP contribution is 2.43. The van der Waals surface area contributed by atoms with E-state index in [1.807, 2.05) is 21.1 Å². The van der Waals surface area contributed by atoms with Crippen LogP contribution in [0.25, 0.3) is 0 Å². The molecule has 0 radical (unpaired) electrons. The smallest absolute Gasteiger partial charge is 0.472 e. The molecule has 0 amide bonds. The molecule has 0 rings (SSSR count). The highest BCUT2D eigenvalue weighted by atomic mass is 31.2. The highest BCUT2D eigenvalue weighted by Gasteiger charge is 2.27. The number of nitrogens with zero attached hydrogens (tertiary/aromatic N) is 1. The average Bonchev–Trinajstić information content (AvgIpc) is 2.87. The molecule has 2 N–H and O–H groups in total. The molecular weight excluding hydrogens is 553 g/mol. The lowest BCUT2D eigenvalue weighted by Crippen LogP contribution is -2.37. The Hall–Kier alpha value is -1.52. The van der Waals surface area contributed by atoms with Gasteiger partial charge in [-0.25, -0.2) is 4.57 Å². The molecule has 0 saturated heterocycles. The van der Waals surface area contributed by atoms with E-state index in [-0.39, 0.29) is 38.9 Å². The van der Waals surface area contributed by atoms with Gasteiger partial charge in [0.15, 0.2) is 6.10 Å². The number of unbranched alkanes of at least 4 members (excludes halogenated alkanes) is 12. The molecule has 11 nitrogen and oxygen atoms in total. The number of hydrogen-bond donors (Lipinski definition) is 2. The van der Waals surface area contributed by atoms with Gasteiger partial charge >= 0.3 is 25.7 Å². The second kappa shape index (κ2) is 24.0. The van der Waals surface area contributed by atoms with Crippen LogP contribution < -0.4 is 0 Å². The first-order chi connectivity index (χ1) is 19.3. The fourth-order valence-electron chi connectivity index (χ4n) is 3.93. The zero-order chi connectivity index (χ0) is 31.0. The molecule has 41 heavy (non-hydrogen) atoms. The summed E-state index contributed by atoms with van der Waals surface area (Å²) < 4.78 is 33.2. The Morgan fingerprint density at radius 2 is 1.22 bits per heavy atom. The van der Waals surface area contributed by atoms with Gasteiger partial charge in [0.2, 0.25) is 0 Å². The summed E-state index contributed by atoms with van der Waals surface area (Å²) >= 11 is 0. The topological polar surface area (TPSA) is 146 Å². The number of carbonyl (C=O) groups is 3. The molecule has 0 saturated carbocycles. The average molecular weight is 611 g/mol. The van der Waals surface area contributed by atoms with Crippen LogP contribution in [0.2, 0.25) is 0 Å². The Labute approximate surface area is 247 Å². The predicted octanol–water partition coefficient (Wildman–Crippen LogP) is 6.02. The number of ether oxygens (including phenoxy) is 2. The summed E-state index contributed by atoms with van der Waals surface area (Å²) in [4.78, 5) is 45.0. The molecule has 0 aliphatic carbocycles. The number of carboxylic acids is 1. The van der Waals surface area contributed by atoms with Crippen LogP contribution in [-0.2, 0) is 37.5 Å². The van der Waals surface area contributed by atoms with Gasteiger partial charge in [0.25, 0.3) is 0 Å². The number of phosphoric ester groups is 1. The van der Waals surface area contributed by atoms with E-state index in [4.69, 9.17) is 23.6 Å². The Balaban J connectivity index is 4.34. The number of esters is 2. The number of quaternary nitrogens is 1. The van der Waals surface area contributed by atoms with Crippen molar-refractivity contribution < 1.29 is 52.0 Å². The van der Waals surface area contributed by atoms with Gasteiger partial charge in [-0.05, 0) is 12.8 Å². The third-order valence-corrected chi connectivity index (χ3v) is 7.41. The van der Waals surface area contributed by atoms with Crippen LogP contribution in [0, 0.1) is 0 Å². The number of aliphatic carboxylic acids is 1. The Bertz CT molecular complexity index is 756. The zero-order valence-corrected chi connectivity index (χ0v) is 26.9. The van der Waals surface area contributed by atoms with Gasteiger partial charge in [0.1, 0.15) is 19.8 Å². The van der Waals surface area contributed by atoms with E-state index in [1.165, 1.54) is 57.8 Å². The molecule has 0 aliphatic heterocycles. The lowest BCUT2D eigenvalue weighted by atomic mass is 10.0. The summed E-state index contributed by atoms with van der Waals surface area (Å²) in [6.45, 7) is 1.81. The van der Waals surface area contributed by atoms with E-state index in [1.54, 1.807) is 0 Å². The van der Waals surface area contributed by atoms with Gasteiger partial charge < -0.3 is 24.0 Å². The molecular formula is C29H57NO10P+. The summed E-state index contributed by atoms with van der Waals surface area (Å²) in [5, 5.41) is 8.74. The molecule has 0 heterocycles. The first-order valence-electron chi connectivity index (χ1n) is 15.3. The van der Waals surface area contributed by atoms with Gasteiger partial charge in [-0.15, -0.1) is 0 Å². The third kappa shape index (κ3) is 28.4. The molecule has 242 valence electrons. The SMILES string of the molecule is CCCCCCCCCCCCCCCC(=O)OC[C@@H](COP(=O)(O)OCC[N+](C)(C)C)OC(=O)CCCC(=O)O. The number of phosphoric acid groups is 1. The van der Waals surface area contributed by atoms with Crippen LogP contribution in [0.3, 0.4) is 0 Å². The fraction of sp³-hybridized carbons (Fsp3) is 0.897. The van der Waals surface area contributed by atoms with E-state index < -0.39 is 38.4 Å². The lowest BCUT2D eigenvalue weighted by Gasteiger charge is -2.24. The second-order valence-electron chi connectivity index (χ2n) is 11.6. The Kier molecular flexibility index (Phi) is 23.1. The standard InChI is InChI=1S/C29H56NO10P/c1-5-6-7-8-9-10-11-12-13-14-15-16-17-20-28(33)37-24-26(40-29(34)21-18-19-27(31)32)25-39-41(35,36)38-23-22-30(2,3)4/h26H,5-25H2,1-4H3,(H-,31,32,35,36)/p+1/t26-/m0/s1. The van der Waals surface area contributed by atoms with Crippen LogP contribution >= 0.6 is 7.82 Å². The third-order valence-electron chi connectivity index (χ3n) is 6.42. The minimum absolute atomic E-state index is 0.0228. The number of carbonyl (C=O) groups excluding carboxylic acids is 2. The maximum Gasteiger partial charge on any atom is 0.472 e. The van der Waals surface area contributed by atoms with Crippen LogP contribution in [0.15, 0.2) is 0 Å². The molecule has 1 unspecified atom stereocenters. The van der Waals surface area contributed by atoms with Crippen LogP contribution in [0.5, 0.6) is 0 Å². The molecule has 0 bridgehead atoms. The van der Waals surface area contributed by atoms with Crippen molar-refractivity contribution >= 4 is 25.7 Å². The van der Waals surface area contributed by atoms with E-state index in [0.717, 1.165) is 19.3 Å². The highest BCUT2D eigenvalue weighted by molar-refractivity contribution is 7.47. The van der Waals surface area contributed by atoms with E-state index in [2.05, 4.69) is 6.92 Å². The van der Waals surface area contributed by atoms with Crippen LogP contribution in [0.4, 0.5) is 0 Å². The number of rotatable bonds is 28. The summed E-state index contributed by atoms with van der Waals surface area (Å²) in [5.74, 6) is -2.20. The summed E-state index contributed by atoms with van der Waals surface area (Å²) in [6, 6.07) is 0. The van der Waals surface area contributed by atoms with Gasteiger partial charge in [-0.1, -0.05) is 84.0 Å². The van der Waals surface area contributed by atoms with Crippen LogP contribution in [-0.4, -0.2) is 86.0 Å². The molecule has 0 aromatic carbocycles. The number of carboxylic acid groups (broad SMARTS) is 1. The quantitative estimate of drug-likeness (QED) is 0.0467. The minimum atomic E-state index is -4.42. The van der Waals surface area contributed by atoms with Crippen molar-refractivity contribution in [1.29, 1.82) is 0 Å². The van der Waals surface area contributed by atoms with Crippen molar-refractivity contribution in [3.8, 4) is 0 Å². The number of hydrogen-bond acceptors (Lipinski definition) is 8. The summed E-state index contributed by atoms with van der Waals surface area (Å²) in [6.07, 6.45) is 14.4. The van der Waals surface area contributed by atoms with Gasteiger partial charge in [-0.3, -0.25) is 23.4 Å². The van der Waals surface area contributed by atoms with Crippen molar-refractivity contribution in [2.75, 3.05) is 47.5 Å². The molecule has 0 aromatic heterocycles. The Morgan fingerprint density at radius 3 is 1.73 bits per heavy atom. The molecule has 12 heteroatoms. The van der Waals surface area contributed by atoms with Crippen LogP contribution in [0.1, 0.15) is 116 Å². The monoisotopic (exact) mass is 610 g/mol. The first kappa shape index (κ1) is 39.5. The maximum atomic E-state index is 12.2. The normalized spacial score (nSPS) is 13.9. The molecule has 0 aromatic rings. The summed E-state index contributed by atoms with van der Waals surface area (Å²) in [5.41, 5.74) is 0. The van der Waals surface area contributed by atoms with Crippen molar-refractivity contribution in [1.82, 2.24) is 0 Å². The molecule has 0 aliphatic rings. The van der Waals surface area contributed by atoms with Crippen molar-refractivity contribution in [2.24, 2.45) is 0 Å².